The van der Waals surface area contributed by atoms with Crippen molar-refractivity contribution < 1.29 is 33.8 Å². The molecule has 0 heterocycles. The summed E-state index contributed by atoms with van der Waals surface area (Å²) in [5.41, 5.74) is -2.27. The molecule has 198 valence electrons. The van der Waals surface area contributed by atoms with E-state index in [0.717, 1.165) is 5.57 Å². The summed E-state index contributed by atoms with van der Waals surface area (Å²) in [5.74, 6) is -2.24. The van der Waals surface area contributed by atoms with Gasteiger partial charge in [0.05, 0.1) is 11.0 Å². The summed E-state index contributed by atoms with van der Waals surface area (Å²) in [6.45, 7) is 8.61. The fourth-order valence-electron chi connectivity index (χ4n) is 8.01. The molecule has 7 nitrogen and oxygen atoms in total. The summed E-state index contributed by atoms with van der Waals surface area (Å²) in [5, 5.41) is 11.8. The Kier molecular flexibility index (Phi) is 6.83. The van der Waals surface area contributed by atoms with Crippen LogP contribution in [0.3, 0.4) is 0 Å². The van der Waals surface area contributed by atoms with Crippen molar-refractivity contribution in [2.75, 3.05) is 6.61 Å². The Morgan fingerprint density at radius 3 is 2.44 bits per heavy atom. The van der Waals surface area contributed by atoms with Crippen LogP contribution in [0.15, 0.2) is 23.8 Å². The van der Waals surface area contributed by atoms with E-state index >= 15 is 0 Å². The number of alkyl halides is 1. The number of rotatable bonds is 6. The molecule has 0 aliphatic heterocycles. The van der Waals surface area contributed by atoms with Crippen LogP contribution < -0.4 is 0 Å². The molecule has 3 fully saturated rings. The average molecular weight is 521 g/mol. The molecule has 0 aromatic carbocycles. The van der Waals surface area contributed by atoms with E-state index in [4.69, 9.17) is 21.1 Å². The van der Waals surface area contributed by atoms with Crippen molar-refractivity contribution in [3.63, 3.8) is 0 Å². The number of Topliss-reactive ketones (excluding diaryl/α,β-unsaturated/α-hetero) is 1. The fourth-order valence-corrected chi connectivity index (χ4v) is 8.53. The van der Waals surface area contributed by atoms with Crippen molar-refractivity contribution in [1.29, 1.82) is 0 Å². The molecular weight excluding hydrogens is 484 g/mol. The van der Waals surface area contributed by atoms with Crippen LogP contribution in [0.2, 0.25) is 0 Å². The van der Waals surface area contributed by atoms with Gasteiger partial charge < -0.3 is 14.6 Å². The van der Waals surface area contributed by atoms with E-state index in [1.807, 2.05) is 26.8 Å². The van der Waals surface area contributed by atoms with Crippen LogP contribution in [-0.2, 0) is 28.7 Å². The van der Waals surface area contributed by atoms with Crippen molar-refractivity contribution >= 4 is 35.1 Å². The number of carbonyl (C=O) groups excluding carboxylic acids is 4. The third-order valence-corrected chi connectivity index (χ3v) is 10.7. The van der Waals surface area contributed by atoms with Gasteiger partial charge >= 0.3 is 11.9 Å². The van der Waals surface area contributed by atoms with Gasteiger partial charge in [0.25, 0.3) is 0 Å². The predicted molar refractivity (Wildman–Crippen MR) is 133 cm³/mol. The zero-order valence-electron chi connectivity index (χ0n) is 21.8. The number of allylic oxidation sites excluding steroid dienone is 4. The molecule has 0 bridgehead atoms. The summed E-state index contributed by atoms with van der Waals surface area (Å²) < 4.78 is 11.3. The van der Waals surface area contributed by atoms with Crippen LogP contribution in [-0.4, -0.2) is 51.8 Å². The van der Waals surface area contributed by atoms with Crippen molar-refractivity contribution in [2.24, 2.45) is 28.6 Å². The lowest BCUT2D eigenvalue weighted by Crippen LogP contribution is -2.69. The molecule has 0 aromatic heterocycles. The second kappa shape index (κ2) is 9.09. The van der Waals surface area contributed by atoms with Crippen LogP contribution in [0.5, 0.6) is 0 Å². The van der Waals surface area contributed by atoms with Gasteiger partial charge in [0.1, 0.15) is 0 Å². The molecule has 4 aliphatic rings. The van der Waals surface area contributed by atoms with Crippen LogP contribution in [0.25, 0.3) is 0 Å². The molecule has 0 spiro atoms. The lowest BCUT2D eigenvalue weighted by molar-refractivity contribution is -0.203. The molecule has 4 aliphatic carbocycles. The van der Waals surface area contributed by atoms with E-state index < -0.39 is 51.7 Å². The van der Waals surface area contributed by atoms with Crippen LogP contribution in [0.1, 0.15) is 73.1 Å². The van der Waals surface area contributed by atoms with E-state index in [-0.39, 0.29) is 42.8 Å². The number of carbonyl (C=O) groups is 4. The molecule has 0 radical (unpaired) electrons. The Hall–Kier alpha value is -1.99. The SMILES string of the molecule is CCC(=O)OCC(=O)[C@@]1(OC(=O)CC)C(C)C[C@H]2[C@@H]3CCC4=CC(=O)C=C[C@]4(C)[C@@]3(Cl)[C@@H](O)C[C@@]21C. The molecule has 0 aromatic rings. The maximum atomic E-state index is 13.9. The van der Waals surface area contributed by atoms with Gasteiger partial charge in [0.15, 0.2) is 18.0 Å². The standard InChI is InChI=1S/C28H37ClO7/c1-6-23(33)35-15-22(32)28(36-24(34)7-2)16(3)12-20-19-9-8-17-13-18(30)10-11-25(17,4)27(19,29)21(31)14-26(20,28)5/h10-11,13,16,19-21,31H,6-9,12,14-15H2,1-5H3/t16?,19-,20-,21-,25-,26-,27-,28-/m0/s1. The predicted octanol–water partition coefficient (Wildman–Crippen LogP) is 4.09. The highest BCUT2D eigenvalue weighted by Gasteiger charge is 2.76. The second-order valence-corrected chi connectivity index (χ2v) is 12.0. The Labute approximate surface area is 217 Å². The average Bonchev–Trinajstić information content (AvgIpc) is 3.05. The summed E-state index contributed by atoms with van der Waals surface area (Å²) in [7, 11) is 0. The fraction of sp³-hybridized carbons (Fsp3) is 0.714. The summed E-state index contributed by atoms with van der Waals surface area (Å²) in [4.78, 5) is 49.5. The topological polar surface area (TPSA) is 107 Å². The van der Waals surface area contributed by atoms with Crippen molar-refractivity contribution in [3.05, 3.63) is 23.8 Å². The molecule has 8 atom stereocenters. The Morgan fingerprint density at radius 2 is 1.81 bits per heavy atom. The van der Waals surface area contributed by atoms with Gasteiger partial charge in [-0.25, -0.2) is 0 Å². The van der Waals surface area contributed by atoms with Gasteiger partial charge in [-0.15, -0.1) is 11.6 Å². The van der Waals surface area contributed by atoms with E-state index in [9.17, 15) is 24.3 Å². The number of ether oxygens (including phenoxy) is 2. The highest BCUT2D eigenvalue weighted by atomic mass is 35.5. The zero-order chi connectivity index (χ0) is 26.7. The zero-order valence-corrected chi connectivity index (χ0v) is 22.5. The van der Waals surface area contributed by atoms with Gasteiger partial charge in [0.2, 0.25) is 5.78 Å². The Balaban J connectivity index is 1.80. The molecule has 0 saturated heterocycles. The normalized spacial score (nSPS) is 43.1. The van der Waals surface area contributed by atoms with Gasteiger partial charge in [-0.1, -0.05) is 46.3 Å². The molecule has 36 heavy (non-hydrogen) atoms. The highest BCUT2D eigenvalue weighted by molar-refractivity contribution is 6.26. The van der Waals surface area contributed by atoms with Gasteiger partial charge in [-0.2, -0.15) is 0 Å². The van der Waals surface area contributed by atoms with Crippen molar-refractivity contribution in [3.8, 4) is 0 Å². The first-order chi connectivity index (χ1) is 16.8. The second-order valence-electron chi connectivity index (χ2n) is 11.4. The van der Waals surface area contributed by atoms with Crippen LogP contribution in [0, 0.1) is 28.6 Å². The number of hydrogen-bond acceptors (Lipinski definition) is 7. The van der Waals surface area contributed by atoms with E-state index in [0.29, 0.717) is 19.3 Å². The molecule has 0 amide bonds. The first kappa shape index (κ1) is 27.1. The van der Waals surface area contributed by atoms with E-state index in [2.05, 4.69) is 0 Å². The Bertz CT molecular complexity index is 1050. The number of fused-ring (bicyclic) bond motifs is 5. The number of aliphatic hydroxyl groups excluding tert-OH is 1. The van der Waals surface area contributed by atoms with Crippen LogP contribution in [0.4, 0.5) is 0 Å². The summed E-state index contributed by atoms with van der Waals surface area (Å²) in [6.07, 6.45) is 6.18. The van der Waals surface area contributed by atoms with E-state index in [1.165, 1.54) is 6.08 Å². The third kappa shape index (κ3) is 3.48. The minimum absolute atomic E-state index is 0.0801. The minimum atomic E-state index is -1.55. The number of aliphatic hydroxyl groups is 1. The maximum absolute atomic E-state index is 13.9. The van der Waals surface area contributed by atoms with Crippen LogP contribution >= 0.6 is 11.6 Å². The summed E-state index contributed by atoms with van der Waals surface area (Å²) in [6, 6.07) is 0. The molecule has 4 rings (SSSR count). The van der Waals surface area contributed by atoms with Gasteiger partial charge in [-0.05, 0) is 49.7 Å². The lowest BCUT2D eigenvalue weighted by Gasteiger charge is -2.64. The lowest BCUT2D eigenvalue weighted by atomic mass is 9.45. The van der Waals surface area contributed by atoms with E-state index in [1.54, 1.807) is 19.9 Å². The number of esters is 2. The number of hydrogen-bond donors (Lipinski definition) is 1. The molecule has 8 heteroatoms. The maximum Gasteiger partial charge on any atom is 0.306 e. The molecular formula is C28H37ClO7. The highest BCUT2D eigenvalue weighted by Crippen LogP contribution is 2.72. The van der Waals surface area contributed by atoms with Gasteiger partial charge in [-0.3, -0.25) is 19.2 Å². The first-order valence-corrected chi connectivity index (χ1v) is 13.4. The monoisotopic (exact) mass is 520 g/mol. The molecule has 1 unspecified atom stereocenters. The van der Waals surface area contributed by atoms with Crippen molar-refractivity contribution in [2.45, 2.75) is 89.7 Å². The minimum Gasteiger partial charge on any atom is -0.457 e. The molecule has 1 N–H and O–H groups in total. The van der Waals surface area contributed by atoms with Crippen molar-refractivity contribution in [1.82, 2.24) is 0 Å². The first-order valence-electron chi connectivity index (χ1n) is 13.0. The number of halogens is 1. The smallest absolute Gasteiger partial charge is 0.306 e. The van der Waals surface area contributed by atoms with Gasteiger partial charge in [0, 0.05) is 29.6 Å². The third-order valence-electron chi connectivity index (χ3n) is 9.81. The molecule has 3 saturated carbocycles. The largest absolute Gasteiger partial charge is 0.457 e. The summed E-state index contributed by atoms with van der Waals surface area (Å²) >= 11 is 7.48. The Morgan fingerprint density at radius 1 is 1.14 bits per heavy atom. The quantitative estimate of drug-likeness (QED) is 0.415. The number of ketones is 2.